The van der Waals surface area contributed by atoms with Crippen LogP contribution in [0.3, 0.4) is 0 Å². The maximum atomic E-state index is 11.1. The fourth-order valence-electron chi connectivity index (χ4n) is 1.72. The van der Waals surface area contributed by atoms with Crippen molar-refractivity contribution in [2.45, 2.75) is 0 Å². The van der Waals surface area contributed by atoms with Crippen LogP contribution in [0.15, 0.2) is 48.5 Å². The summed E-state index contributed by atoms with van der Waals surface area (Å²) < 4.78 is 0. The molecule has 0 aliphatic heterocycles. The quantitative estimate of drug-likeness (QED) is 0.867. The minimum absolute atomic E-state index is 0.0684. The number of carboxylic acid groups (broad SMARTS) is 2. The zero-order valence-corrected chi connectivity index (χ0v) is 9.33. The average Bonchev–Trinajstić information content (AvgIpc) is 2.39. The summed E-state index contributed by atoms with van der Waals surface area (Å²) in [6, 6.07) is 12.8. The summed E-state index contributed by atoms with van der Waals surface area (Å²) in [6.45, 7) is 0. The van der Waals surface area contributed by atoms with E-state index in [1.54, 1.807) is 24.3 Å². The zero-order chi connectivity index (χ0) is 13.1. The van der Waals surface area contributed by atoms with E-state index in [9.17, 15) is 9.59 Å². The Morgan fingerprint density at radius 3 is 2.06 bits per heavy atom. The molecule has 0 heterocycles. The van der Waals surface area contributed by atoms with Gasteiger partial charge in [0.05, 0.1) is 11.1 Å². The number of hydrogen-bond donors (Lipinski definition) is 2. The van der Waals surface area contributed by atoms with Crippen LogP contribution in [0, 0.1) is 0 Å². The molecular weight excluding hydrogens is 232 g/mol. The van der Waals surface area contributed by atoms with Crippen LogP contribution in [0.4, 0.5) is 0 Å². The standard InChI is InChI=1S/C14H10O4/c15-13(16)10-6-7-11(14(17)18)12(8-10)9-4-2-1-3-5-9/h1-8H,(H,15,16)(H,17,18). The van der Waals surface area contributed by atoms with Crippen molar-refractivity contribution in [3.63, 3.8) is 0 Å². The maximum Gasteiger partial charge on any atom is 0.336 e. The topological polar surface area (TPSA) is 74.6 Å². The van der Waals surface area contributed by atoms with Crippen LogP contribution in [0.25, 0.3) is 11.1 Å². The van der Waals surface area contributed by atoms with E-state index in [1.807, 2.05) is 6.07 Å². The van der Waals surface area contributed by atoms with Crippen molar-refractivity contribution in [1.29, 1.82) is 0 Å². The van der Waals surface area contributed by atoms with Gasteiger partial charge in [-0.1, -0.05) is 30.3 Å². The Bertz CT molecular complexity index is 602. The number of aromatic carboxylic acids is 2. The molecule has 0 radical (unpaired) electrons. The summed E-state index contributed by atoms with van der Waals surface area (Å²) >= 11 is 0. The number of carbonyl (C=O) groups is 2. The molecule has 0 aliphatic rings. The Morgan fingerprint density at radius 2 is 1.50 bits per heavy atom. The predicted octanol–water partition coefficient (Wildman–Crippen LogP) is 2.75. The molecule has 0 saturated carbocycles. The van der Waals surface area contributed by atoms with Gasteiger partial charge in [0.25, 0.3) is 0 Å². The molecule has 0 aliphatic carbocycles. The monoisotopic (exact) mass is 242 g/mol. The van der Waals surface area contributed by atoms with Gasteiger partial charge in [0.1, 0.15) is 0 Å². The van der Waals surface area contributed by atoms with E-state index in [4.69, 9.17) is 10.2 Å². The second-order valence-electron chi connectivity index (χ2n) is 3.74. The number of benzene rings is 2. The van der Waals surface area contributed by atoms with E-state index < -0.39 is 11.9 Å². The predicted molar refractivity (Wildman–Crippen MR) is 65.8 cm³/mol. The summed E-state index contributed by atoms with van der Waals surface area (Å²) in [5.74, 6) is -2.16. The molecule has 0 aromatic heterocycles. The van der Waals surface area contributed by atoms with E-state index in [2.05, 4.69) is 0 Å². The number of carboxylic acids is 2. The Morgan fingerprint density at radius 1 is 0.833 bits per heavy atom. The van der Waals surface area contributed by atoms with Gasteiger partial charge in [-0.3, -0.25) is 0 Å². The fraction of sp³-hybridized carbons (Fsp3) is 0. The van der Waals surface area contributed by atoms with Crippen molar-refractivity contribution in [1.82, 2.24) is 0 Å². The molecule has 0 saturated heterocycles. The Hall–Kier alpha value is -2.62. The first-order chi connectivity index (χ1) is 8.59. The van der Waals surface area contributed by atoms with Crippen LogP contribution in [0.5, 0.6) is 0 Å². The molecule has 0 atom stereocenters. The summed E-state index contributed by atoms with van der Waals surface area (Å²) in [5.41, 5.74) is 1.24. The van der Waals surface area contributed by atoms with E-state index in [0.717, 1.165) is 0 Å². The third-order valence-electron chi connectivity index (χ3n) is 2.58. The summed E-state index contributed by atoms with van der Waals surface area (Å²) in [4.78, 5) is 22.0. The molecule has 0 unspecified atom stereocenters. The molecule has 90 valence electrons. The molecule has 18 heavy (non-hydrogen) atoms. The molecule has 0 spiro atoms. The Kier molecular flexibility index (Phi) is 3.10. The maximum absolute atomic E-state index is 11.1. The van der Waals surface area contributed by atoms with Crippen LogP contribution in [-0.2, 0) is 0 Å². The molecule has 2 rings (SSSR count). The van der Waals surface area contributed by atoms with Crippen LogP contribution in [-0.4, -0.2) is 22.2 Å². The summed E-state index contributed by atoms with van der Waals surface area (Å²) in [6.07, 6.45) is 0. The Balaban J connectivity index is 2.65. The first-order valence-electron chi connectivity index (χ1n) is 5.25. The van der Waals surface area contributed by atoms with Gasteiger partial charge in [-0.2, -0.15) is 0 Å². The SMILES string of the molecule is O=C(O)c1ccc(C(=O)O)c(-c2ccccc2)c1. The largest absolute Gasteiger partial charge is 0.478 e. The highest BCUT2D eigenvalue weighted by atomic mass is 16.4. The van der Waals surface area contributed by atoms with Crippen LogP contribution in [0.1, 0.15) is 20.7 Å². The lowest BCUT2D eigenvalue weighted by Crippen LogP contribution is -2.03. The second kappa shape index (κ2) is 4.71. The first kappa shape index (κ1) is 11.9. The van der Waals surface area contributed by atoms with Crippen LogP contribution < -0.4 is 0 Å². The van der Waals surface area contributed by atoms with Gasteiger partial charge in [0.15, 0.2) is 0 Å². The highest BCUT2D eigenvalue weighted by Crippen LogP contribution is 2.25. The minimum atomic E-state index is -1.08. The molecule has 2 N–H and O–H groups in total. The molecule has 4 nitrogen and oxygen atoms in total. The zero-order valence-electron chi connectivity index (χ0n) is 9.33. The van der Waals surface area contributed by atoms with Gasteiger partial charge >= 0.3 is 11.9 Å². The first-order valence-corrected chi connectivity index (χ1v) is 5.25. The van der Waals surface area contributed by atoms with Crippen LogP contribution in [0.2, 0.25) is 0 Å². The van der Waals surface area contributed by atoms with E-state index in [1.165, 1.54) is 18.2 Å². The lowest BCUT2D eigenvalue weighted by atomic mass is 9.97. The highest BCUT2D eigenvalue weighted by Gasteiger charge is 2.14. The molecule has 4 heteroatoms. The minimum Gasteiger partial charge on any atom is -0.478 e. The van der Waals surface area contributed by atoms with Gasteiger partial charge in [0.2, 0.25) is 0 Å². The molecule has 2 aromatic rings. The van der Waals surface area contributed by atoms with Crippen molar-refractivity contribution < 1.29 is 19.8 Å². The van der Waals surface area contributed by atoms with Crippen molar-refractivity contribution in [2.75, 3.05) is 0 Å². The molecular formula is C14H10O4. The highest BCUT2D eigenvalue weighted by molar-refractivity contribution is 5.99. The summed E-state index contributed by atoms with van der Waals surface area (Å²) in [5, 5.41) is 18.0. The summed E-state index contributed by atoms with van der Waals surface area (Å²) in [7, 11) is 0. The van der Waals surface area contributed by atoms with Gasteiger partial charge < -0.3 is 10.2 Å². The van der Waals surface area contributed by atoms with E-state index >= 15 is 0 Å². The number of hydrogen-bond acceptors (Lipinski definition) is 2. The fourth-order valence-corrected chi connectivity index (χ4v) is 1.72. The smallest absolute Gasteiger partial charge is 0.336 e. The molecule has 2 aromatic carbocycles. The third-order valence-corrected chi connectivity index (χ3v) is 2.58. The normalized spacial score (nSPS) is 10.0. The van der Waals surface area contributed by atoms with Crippen LogP contribution >= 0.6 is 0 Å². The average molecular weight is 242 g/mol. The van der Waals surface area contributed by atoms with E-state index in [-0.39, 0.29) is 11.1 Å². The van der Waals surface area contributed by atoms with Crippen molar-refractivity contribution in [3.8, 4) is 11.1 Å². The lowest BCUT2D eigenvalue weighted by molar-refractivity contribution is 0.0682. The Labute approximate surface area is 103 Å². The molecule has 0 fully saturated rings. The van der Waals surface area contributed by atoms with Crippen molar-refractivity contribution in [3.05, 3.63) is 59.7 Å². The van der Waals surface area contributed by atoms with Gasteiger partial charge in [0, 0.05) is 0 Å². The molecule has 0 amide bonds. The second-order valence-corrected chi connectivity index (χ2v) is 3.74. The van der Waals surface area contributed by atoms with Gasteiger partial charge in [-0.05, 0) is 29.3 Å². The van der Waals surface area contributed by atoms with Gasteiger partial charge in [-0.25, -0.2) is 9.59 Å². The number of rotatable bonds is 3. The van der Waals surface area contributed by atoms with Crippen molar-refractivity contribution >= 4 is 11.9 Å². The lowest BCUT2D eigenvalue weighted by Gasteiger charge is -2.07. The van der Waals surface area contributed by atoms with E-state index in [0.29, 0.717) is 11.1 Å². The van der Waals surface area contributed by atoms with Crippen molar-refractivity contribution in [2.24, 2.45) is 0 Å². The molecule has 0 bridgehead atoms. The third kappa shape index (κ3) is 2.22. The van der Waals surface area contributed by atoms with Gasteiger partial charge in [-0.15, -0.1) is 0 Å².